The van der Waals surface area contributed by atoms with Gasteiger partial charge in [0.1, 0.15) is 5.84 Å². The highest BCUT2D eigenvalue weighted by Crippen LogP contribution is 2.38. The molecule has 0 fully saturated rings. The van der Waals surface area contributed by atoms with Crippen LogP contribution < -0.4 is 5.32 Å². The Morgan fingerprint density at radius 2 is 1.67 bits per heavy atom. The number of thioether (sulfide) groups is 1. The molecule has 0 radical (unpaired) electrons. The van der Waals surface area contributed by atoms with Gasteiger partial charge < -0.3 is 5.32 Å². The van der Waals surface area contributed by atoms with Crippen molar-refractivity contribution in [2.24, 2.45) is 9.98 Å². The number of fused-ring (bicyclic) bond motifs is 3. The standard InChI is InChI=1S/C26H22N4O2S/c1-17(24(31)27-16-18-10-4-2-5-11-18)33-26-28-21-15-9-8-14-20(21)23-29-22(25(32)30(23)26)19-12-6-3-7-13-19/h2-15,17,22H,16H2,1H3,(H,27,31)/t17-,22-/m1/s1. The van der Waals surface area contributed by atoms with Crippen molar-refractivity contribution in [3.63, 3.8) is 0 Å². The van der Waals surface area contributed by atoms with Gasteiger partial charge in [0.2, 0.25) is 5.91 Å². The predicted octanol–water partition coefficient (Wildman–Crippen LogP) is 4.46. The highest BCUT2D eigenvalue weighted by molar-refractivity contribution is 8.15. The third-order valence-electron chi connectivity index (χ3n) is 5.55. The zero-order valence-electron chi connectivity index (χ0n) is 18.0. The minimum atomic E-state index is -0.625. The number of rotatable bonds is 5. The van der Waals surface area contributed by atoms with Gasteiger partial charge in [-0.15, -0.1) is 0 Å². The van der Waals surface area contributed by atoms with Crippen molar-refractivity contribution in [3.8, 4) is 0 Å². The van der Waals surface area contributed by atoms with Crippen LogP contribution in [0.5, 0.6) is 0 Å². The molecule has 6 nitrogen and oxygen atoms in total. The van der Waals surface area contributed by atoms with Gasteiger partial charge in [-0.05, 0) is 30.2 Å². The summed E-state index contributed by atoms with van der Waals surface area (Å²) in [5.74, 6) is 0.308. The van der Waals surface area contributed by atoms with Crippen molar-refractivity contribution in [2.45, 2.75) is 24.8 Å². The summed E-state index contributed by atoms with van der Waals surface area (Å²) >= 11 is 1.27. The van der Waals surface area contributed by atoms with Gasteiger partial charge in [0.15, 0.2) is 11.2 Å². The van der Waals surface area contributed by atoms with Crippen LogP contribution in [0, 0.1) is 0 Å². The van der Waals surface area contributed by atoms with Crippen LogP contribution in [0.25, 0.3) is 0 Å². The van der Waals surface area contributed by atoms with E-state index in [1.54, 1.807) is 4.90 Å². The van der Waals surface area contributed by atoms with Crippen molar-refractivity contribution < 1.29 is 9.59 Å². The van der Waals surface area contributed by atoms with E-state index in [1.807, 2.05) is 91.9 Å². The maximum Gasteiger partial charge on any atom is 0.263 e. The Labute approximate surface area is 196 Å². The second-order valence-corrected chi connectivity index (χ2v) is 9.12. The summed E-state index contributed by atoms with van der Waals surface area (Å²) in [5.41, 5.74) is 3.42. The number of amides is 2. The largest absolute Gasteiger partial charge is 0.351 e. The zero-order chi connectivity index (χ0) is 22.8. The molecule has 0 saturated carbocycles. The Hall–Kier alpha value is -3.71. The summed E-state index contributed by atoms with van der Waals surface area (Å²) in [6, 6.07) is 26.3. The third kappa shape index (κ3) is 4.19. The fraction of sp³-hybridized carbons (Fsp3) is 0.154. The van der Waals surface area contributed by atoms with Crippen LogP contribution in [-0.4, -0.2) is 33.0 Å². The molecule has 164 valence electrons. The number of aliphatic imine (C=N–C) groups is 2. The Morgan fingerprint density at radius 1 is 1.00 bits per heavy atom. The lowest BCUT2D eigenvalue weighted by molar-refractivity contribution is -0.124. The van der Waals surface area contributed by atoms with Gasteiger partial charge in [-0.25, -0.2) is 14.9 Å². The van der Waals surface area contributed by atoms with E-state index in [2.05, 4.69) is 5.32 Å². The molecule has 2 amide bonds. The van der Waals surface area contributed by atoms with E-state index < -0.39 is 11.3 Å². The number of benzene rings is 3. The summed E-state index contributed by atoms with van der Waals surface area (Å²) in [7, 11) is 0. The van der Waals surface area contributed by atoms with Crippen LogP contribution in [0.3, 0.4) is 0 Å². The molecule has 0 spiro atoms. The lowest BCUT2D eigenvalue weighted by Crippen LogP contribution is -2.41. The normalized spacial score (nSPS) is 17.5. The molecule has 0 bridgehead atoms. The summed E-state index contributed by atoms with van der Waals surface area (Å²) in [6.07, 6.45) is 0. The molecule has 33 heavy (non-hydrogen) atoms. The first-order valence-electron chi connectivity index (χ1n) is 10.7. The van der Waals surface area contributed by atoms with E-state index in [0.717, 1.165) is 22.4 Å². The zero-order valence-corrected chi connectivity index (χ0v) is 18.8. The molecule has 2 atom stereocenters. The van der Waals surface area contributed by atoms with Crippen LogP contribution in [0.15, 0.2) is 94.9 Å². The monoisotopic (exact) mass is 454 g/mol. The summed E-state index contributed by atoms with van der Waals surface area (Å²) in [6.45, 7) is 2.27. The van der Waals surface area contributed by atoms with Gasteiger partial charge in [0.05, 0.1) is 10.9 Å². The van der Waals surface area contributed by atoms with Crippen LogP contribution >= 0.6 is 11.8 Å². The average Bonchev–Trinajstić information content (AvgIpc) is 3.21. The molecule has 1 N–H and O–H groups in total. The number of hydrogen-bond acceptors (Lipinski definition) is 5. The molecule has 0 unspecified atom stereocenters. The van der Waals surface area contributed by atoms with Crippen LogP contribution in [0.4, 0.5) is 5.69 Å². The van der Waals surface area contributed by atoms with Crippen LogP contribution in [0.2, 0.25) is 0 Å². The van der Waals surface area contributed by atoms with Gasteiger partial charge in [-0.2, -0.15) is 0 Å². The van der Waals surface area contributed by atoms with E-state index in [4.69, 9.17) is 9.98 Å². The Morgan fingerprint density at radius 3 is 2.42 bits per heavy atom. The fourth-order valence-corrected chi connectivity index (χ4v) is 4.76. The van der Waals surface area contributed by atoms with Gasteiger partial charge in [-0.1, -0.05) is 84.6 Å². The predicted molar refractivity (Wildman–Crippen MR) is 131 cm³/mol. The minimum Gasteiger partial charge on any atom is -0.351 e. The molecule has 0 saturated heterocycles. The van der Waals surface area contributed by atoms with E-state index in [0.29, 0.717) is 17.5 Å². The molecule has 0 aromatic heterocycles. The van der Waals surface area contributed by atoms with Crippen LogP contribution in [-0.2, 0) is 16.1 Å². The Kier molecular flexibility index (Phi) is 5.79. The third-order valence-corrected chi connectivity index (χ3v) is 6.60. The fourth-order valence-electron chi connectivity index (χ4n) is 3.82. The highest BCUT2D eigenvalue weighted by atomic mass is 32.2. The molecular weight excluding hydrogens is 432 g/mol. The maximum absolute atomic E-state index is 13.4. The number of nitrogens with zero attached hydrogens (tertiary/aromatic N) is 3. The van der Waals surface area contributed by atoms with Crippen LogP contribution in [0.1, 0.15) is 29.7 Å². The average molecular weight is 455 g/mol. The molecule has 3 aromatic rings. The Bertz CT molecular complexity index is 1260. The summed E-state index contributed by atoms with van der Waals surface area (Å²) in [5, 5.41) is 2.99. The van der Waals surface area contributed by atoms with E-state index >= 15 is 0 Å². The van der Waals surface area contributed by atoms with Gasteiger partial charge >= 0.3 is 0 Å². The smallest absolute Gasteiger partial charge is 0.263 e. The van der Waals surface area contributed by atoms with Gasteiger partial charge in [0.25, 0.3) is 5.91 Å². The molecule has 2 heterocycles. The lowest BCUT2D eigenvalue weighted by atomic mass is 10.1. The highest BCUT2D eigenvalue weighted by Gasteiger charge is 2.42. The van der Waals surface area contributed by atoms with Gasteiger partial charge in [0, 0.05) is 12.1 Å². The molecular formula is C26H22N4O2S. The maximum atomic E-state index is 13.4. The van der Waals surface area contributed by atoms with Crippen molar-refractivity contribution in [3.05, 3.63) is 102 Å². The van der Waals surface area contributed by atoms with Crippen molar-refractivity contribution >= 4 is 40.3 Å². The number of carbonyl (C=O) groups excluding carboxylic acids is 2. The molecule has 2 aliphatic heterocycles. The lowest BCUT2D eigenvalue weighted by Gasteiger charge is -2.26. The topological polar surface area (TPSA) is 74.1 Å². The molecule has 5 rings (SSSR count). The second kappa shape index (κ2) is 9.03. The first kappa shape index (κ1) is 21.2. The number of para-hydroxylation sites is 1. The van der Waals surface area contributed by atoms with Crippen molar-refractivity contribution in [2.75, 3.05) is 0 Å². The molecule has 0 aliphatic carbocycles. The van der Waals surface area contributed by atoms with Crippen molar-refractivity contribution in [1.82, 2.24) is 10.2 Å². The number of nitrogens with one attached hydrogen (secondary N) is 1. The van der Waals surface area contributed by atoms with E-state index in [-0.39, 0.29) is 11.8 Å². The quantitative estimate of drug-likeness (QED) is 0.619. The number of hydrogen-bond donors (Lipinski definition) is 1. The summed E-state index contributed by atoms with van der Waals surface area (Å²) in [4.78, 5) is 37.3. The minimum absolute atomic E-state index is 0.116. The van der Waals surface area contributed by atoms with Gasteiger partial charge in [-0.3, -0.25) is 9.59 Å². The van der Waals surface area contributed by atoms with E-state index in [9.17, 15) is 9.59 Å². The molecule has 3 aromatic carbocycles. The molecule has 7 heteroatoms. The number of carbonyl (C=O) groups is 2. The second-order valence-electron chi connectivity index (χ2n) is 7.81. The number of amidine groups is 2. The van der Waals surface area contributed by atoms with E-state index in [1.165, 1.54) is 11.8 Å². The first-order chi connectivity index (χ1) is 16.1. The molecule has 2 aliphatic rings. The SMILES string of the molecule is C[C@@H](SC1=Nc2ccccc2C2=N[C@H](c3ccccc3)C(=O)N12)C(=O)NCc1ccccc1. The first-order valence-corrected chi connectivity index (χ1v) is 11.6. The summed E-state index contributed by atoms with van der Waals surface area (Å²) < 4.78 is 0. The van der Waals surface area contributed by atoms with Crippen molar-refractivity contribution in [1.29, 1.82) is 0 Å². The Balaban J connectivity index is 1.39.